The number of halogens is 3. The fraction of sp³-hybridized carbons (Fsp3) is 0.500. The number of fused-ring (bicyclic) bond motifs is 1. The van der Waals surface area contributed by atoms with Crippen molar-refractivity contribution in [2.45, 2.75) is 75.2 Å². The summed E-state index contributed by atoms with van der Waals surface area (Å²) in [6, 6.07) is 11.7. The molecule has 39 heavy (non-hydrogen) atoms. The third-order valence-corrected chi connectivity index (χ3v) is 9.70. The monoisotopic (exact) mass is 563 g/mol. The summed E-state index contributed by atoms with van der Waals surface area (Å²) in [6.45, 7) is 1.80. The van der Waals surface area contributed by atoms with E-state index in [0.717, 1.165) is 23.9 Å². The van der Waals surface area contributed by atoms with Crippen LogP contribution in [-0.4, -0.2) is 40.9 Å². The number of carbonyl (C=O) groups excluding carboxylic acids is 1. The van der Waals surface area contributed by atoms with Crippen molar-refractivity contribution in [2.24, 2.45) is 11.8 Å². The summed E-state index contributed by atoms with van der Waals surface area (Å²) in [7, 11) is -3.29. The van der Waals surface area contributed by atoms with E-state index in [9.17, 15) is 31.5 Å². The van der Waals surface area contributed by atoms with Gasteiger partial charge in [0.25, 0.3) is 5.91 Å². The van der Waals surface area contributed by atoms with Crippen LogP contribution in [0.15, 0.2) is 47.4 Å². The minimum Gasteiger partial charge on any atom is -0.385 e. The van der Waals surface area contributed by atoms with E-state index < -0.39 is 28.0 Å². The Bertz CT molecular complexity index is 1460. The number of alkyl halides is 3. The van der Waals surface area contributed by atoms with E-state index in [1.165, 1.54) is 12.1 Å². The number of benzene rings is 2. The maximum absolute atomic E-state index is 13.1. The van der Waals surface area contributed by atoms with Crippen molar-refractivity contribution in [1.82, 2.24) is 14.9 Å². The molecule has 2 fully saturated rings. The van der Waals surface area contributed by atoms with Crippen molar-refractivity contribution in [1.29, 1.82) is 0 Å². The predicted molar refractivity (Wildman–Crippen MR) is 140 cm³/mol. The lowest BCUT2D eigenvalue weighted by Gasteiger charge is -2.32. The van der Waals surface area contributed by atoms with E-state index in [0.29, 0.717) is 16.9 Å². The van der Waals surface area contributed by atoms with Crippen LogP contribution in [0.5, 0.6) is 0 Å². The van der Waals surface area contributed by atoms with Crippen LogP contribution < -0.4 is 5.32 Å². The summed E-state index contributed by atoms with van der Waals surface area (Å²) in [5, 5.41) is 14.0. The van der Waals surface area contributed by atoms with E-state index in [1.807, 2.05) is 4.57 Å². The molecule has 0 unspecified atom stereocenters. The lowest BCUT2D eigenvalue weighted by atomic mass is 9.79. The molecule has 2 N–H and O–H groups in total. The van der Waals surface area contributed by atoms with Crippen molar-refractivity contribution in [3.05, 3.63) is 59.4 Å². The second-order valence-electron chi connectivity index (χ2n) is 10.6. The molecule has 1 amide bonds. The summed E-state index contributed by atoms with van der Waals surface area (Å²) in [5.41, 5.74) is 2.49. The number of sulfone groups is 1. The number of aromatic nitrogens is 2. The first-order valence-electron chi connectivity index (χ1n) is 13.3. The van der Waals surface area contributed by atoms with Crippen LogP contribution in [0.2, 0.25) is 0 Å². The van der Waals surface area contributed by atoms with E-state index in [1.54, 1.807) is 37.3 Å². The van der Waals surface area contributed by atoms with Crippen LogP contribution in [0.25, 0.3) is 11.0 Å². The number of rotatable bonds is 8. The molecule has 1 atom stereocenters. The summed E-state index contributed by atoms with van der Waals surface area (Å²) in [6.07, 6.45) is -2.70. The van der Waals surface area contributed by atoms with Gasteiger partial charge >= 0.3 is 6.18 Å². The van der Waals surface area contributed by atoms with Gasteiger partial charge in [0.05, 0.1) is 27.6 Å². The normalized spacial score (nSPS) is 21.2. The molecule has 0 radical (unpaired) electrons. The Labute approximate surface area is 225 Å². The van der Waals surface area contributed by atoms with Crippen LogP contribution in [-0.2, 0) is 16.4 Å². The van der Waals surface area contributed by atoms with Gasteiger partial charge in [-0.25, -0.2) is 13.4 Å². The van der Waals surface area contributed by atoms with Crippen molar-refractivity contribution >= 4 is 26.8 Å². The zero-order valence-corrected chi connectivity index (χ0v) is 22.4. The van der Waals surface area contributed by atoms with Gasteiger partial charge in [-0.2, -0.15) is 13.2 Å². The average Bonchev–Trinajstić information content (AvgIpc) is 3.70. The summed E-state index contributed by atoms with van der Waals surface area (Å²) in [5.74, 6) is -1.45. The number of aliphatic hydroxyl groups excluding tert-OH is 1. The molecule has 2 aliphatic carbocycles. The van der Waals surface area contributed by atoms with Crippen LogP contribution in [0.3, 0.4) is 0 Å². The topological polar surface area (TPSA) is 101 Å². The van der Waals surface area contributed by atoms with Gasteiger partial charge in [0.1, 0.15) is 11.9 Å². The van der Waals surface area contributed by atoms with Gasteiger partial charge in [-0.05, 0) is 80.3 Å². The zero-order valence-electron chi connectivity index (χ0n) is 21.6. The molecule has 1 heterocycles. The highest BCUT2D eigenvalue weighted by Gasteiger charge is 2.43. The van der Waals surface area contributed by atoms with Crippen molar-refractivity contribution in [3.8, 4) is 0 Å². The van der Waals surface area contributed by atoms with Crippen LogP contribution in [0.4, 0.5) is 13.2 Å². The second-order valence-corrected chi connectivity index (χ2v) is 12.9. The third-order valence-electron chi connectivity index (χ3n) is 7.95. The number of nitrogens with zero attached hydrogens (tertiary/aromatic N) is 2. The highest BCUT2D eigenvalue weighted by molar-refractivity contribution is 7.91. The fourth-order valence-electron chi connectivity index (χ4n) is 5.42. The number of carbonyl (C=O) groups is 1. The number of aliphatic hydroxyl groups is 1. The lowest BCUT2D eigenvalue weighted by Crippen LogP contribution is -2.30. The highest BCUT2D eigenvalue weighted by atomic mass is 32.2. The number of hydrogen-bond donors (Lipinski definition) is 2. The first kappa shape index (κ1) is 27.6. The van der Waals surface area contributed by atoms with E-state index in [4.69, 9.17) is 0 Å². The van der Waals surface area contributed by atoms with Crippen LogP contribution >= 0.6 is 0 Å². The number of imidazole rings is 1. The molecular formula is C28H32F3N3O4S. The molecule has 2 aromatic carbocycles. The van der Waals surface area contributed by atoms with Gasteiger partial charge in [0, 0.05) is 18.2 Å². The average molecular weight is 564 g/mol. The summed E-state index contributed by atoms with van der Waals surface area (Å²) >= 11 is 0. The largest absolute Gasteiger partial charge is 0.391 e. The van der Waals surface area contributed by atoms with Crippen LogP contribution in [0, 0.1) is 11.8 Å². The molecule has 0 spiro atoms. The highest BCUT2D eigenvalue weighted by Crippen LogP contribution is 2.45. The first-order valence-corrected chi connectivity index (χ1v) is 15.0. The molecule has 2 saturated carbocycles. The quantitative estimate of drug-likeness (QED) is 0.377. The molecule has 7 nitrogen and oxygen atoms in total. The van der Waals surface area contributed by atoms with Gasteiger partial charge < -0.3 is 15.0 Å². The van der Waals surface area contributed by atoms with Gasteiger partial charge in [0.2, 0.25) is 0 Å². The van der Waals surface area contributed by atoms with Crippen molar-refractivity contribution in [3.63, 3.8) is 0 Å². The minimum atomic E-state index is -4.20. The van der Waals surface area contributed by atoms with Gasteiger partial charge in [-0.15, -0.1) is 0 Å². The molecule has 210 valence electrons. The molecule has 1 aromatic heterocycles. The van der Waals surface area contributed by atoms with Crippen molar-refractivity contribution < 1.29 is 31.5 Å². The SMILES string of the molecule is CCS(=O)(=O)c1ccc(CNC(=O)c2ccc3c(c2)nc([C@H](O)[C@H]2CC[C@H](C(F)(F)F)CC2)n3C2CC2)cc1. The Hall–Kier alpha value is -2.92. The van der Waals surface area contributed by atoms with Crippen LogP contribution in [0.1, 0.15) is 79.3 Å². The Kier molecular flexibility index (Phi) is 7.49. The first-order chi connectivity index (χ1) is 18.5. The molecule has 11 heteroatoms. The Morgan fingerprint density at radius 1 is 1.08 bits per heavy atom. The van der Waals surface area contributed by atoms with Gasteiger partial charge in [0.15, 0.2) is 9.84 Å². The zero-order chi connectivity index (χ0) is 27.9. The Morgan fingerprint density at radius 2 is 1.74 bits per heavy atom. The summed E-state index contributed by atoms with van der Waals surface area (Å²) < 4.78 is 65.3. The molecule has 5 rings (SSSR count). The van der Waals surface area contributed by atoms with Crippen molar-refractivity contribution in [2.75, 3.05) is 5.75 Å². The molecule has 0 aliphatic heterocycles. The Balaban J connectivity index is 1.30. The third kappa shape index (κ3) is 5.84. The lowest BCUT2D eigenvalue weighted by molar-refractivity contribution is -0.186. The standard InChI is InChI=1S/C28H32F3N3O4S/c1-2-39(37,38)22-12-3-17(4-13-22)16-32-27(36)19-7-14-24-23(15-19)33-26(34(24)21-10-11-21)25(35)18-5-8-20(9-6-18)28(29,30)31/h3-4,7,12-15,18,20-21,25,35H,2,5-6,8-11,16H2,1H3,(H,32,36)/t18-,20-,25-/m1/s1. The molecule has 0 saturated heterocycles. The van der Waals surface area contributed by atoms with E-state index in [2.05, 4.69) is 10.3 Å². The maximum atomic E-state index is 13.1. The fourth-order valence-corrected chi connectivity index (χ4v) is 6.31. The smallest absolute Gasteiger partial charge is 0.385 e. The van der Waals surface area contributed by atoms with Gasteiger partial charge in [-0.1, -0.05) is 19.1 Å². The molecular weight excluding hydrogens is 531 g/mol. The molecule has 0 bridgehead atoms. The van der Waals surface area contributed by atoms with E-state index in [-0.39, 0.29) is 60.7 Å². The minimum absolute atomic E-state index is 0.0103. The van der Waals surface area contributed by atoms with E-state index >= 15 is 0 Å². The molecule has 3 aromatic rings. The number of hydrogen-bond acceptors (Lipinski definition) is 5. The number of amides is 1. The Morgan fingerprint density at radius 3 is 2.33 bits per heavy atom. The predicted octanol–water partition coefficient (Wildman–Crippen LogP) is 5.50. The maximum Gasteiger partial charge on any atom is 0.391 e. The number of nitrogens with one attached hydrogen (secondary N) is 1. The van der Waals surface area contributed by atoms with Gasteiger partial charge in [-0.3, -0.25) is 4.79 Å². The molecule has 2 aliphatic rings. The summed E-state index contributed by atoms with van der Waals surface area (Å²) in [4.78, 5) is 17.8. The second kappa shape index (κ2) is 10.6.